The molecule has 0 aliphatic carbocycles. The Bertz CT molecular complexity index is 701. The van der Waals surface area contributed by atoms with E-state index in [2.05, 4.69) is 27.8 Å². The number of nitrogens with one attached hydrogen (secondary N) is 2. The zero-order valence-corrected chi connectivity index (χ0v) is 16.0. The van der Waals surface area contributed by atoms with Crippen molar-refractivity contribution >= 4 is 40.6 Å². The fraction of sp³-hybridized carbons (Fsp3) is 0.412. The van der Waals surface area contributed by atoms with Crippen molar-refractivity contribution in [2.45, 2.75) is 32.4 Å². The third-order valence-corrected chi connectivity index (χ3v) is 5.33. The quantitative estimate of drug-likeness (QED) is 0.655. The van der Waals surface area contributed by atoms with Gasteiger partial charge >= 0.3 is 0 Å². The molecule has 2 N–H and O–H groups in total. The van der Waals surface area contributed by atoms with Crippen LogP contribution in [0.15, 0.2) is 24.3 Å². The normalized spacial score (nSPS) is 10.5. The van der Waals surface area contributed by atoms with E-state index in [0.29, 0.717) is 16.5 Å². The number of amides is 2. The maximum Gasteiger partial charge on any atom is 0.286 e. The van der Waals surface area contributed by atoms with Crippen molar-refractivity contribution in [1.29, 1.82) is 0 Å². The monoisotopic (exact) mass is 378 g/mol. The van der Waals surface area contributed by atoms with Crippen molar-refractivity contribution in [3.05, 3.63) is 39.8 Å². The Kier molecular flexibility index (Phi) is 7.87. The Labute approximate surface area is 155 Å². The minimum Gasteiger partial charge on any atom is -0.355 e. The maximum atomic E-state index is 12.2. The minimum absolute atomic E-state index is 0.0281. The molecule has 0 radical (unpaired) electrons. The smallest absolute Gasteiger partial charge is 0.286 e. The summed E-state index contributed by atoms with van der Waals surface area (Å²) in [5.74, 6) is 0.709. The van der Waals surface area contributed by atoms with Crippen LogP contribution in [0.4, 0.5) is 5.69 Å². The van der Waals surface area contributed by atoms with E-state index in [9.17, 15) is 9.59 Å². The van der Waals surface area contributed by atoms with Crippen LogP contribution in [-0.2, 0) is 10.5 Å². The van der Waals surface area contributed by atoms with Crippen molar-refractivity contribution in [2.75, 3.05) is 17.6 Å². The van der Waals surface area contributed by atoms with E-state index in [-0.39, 0.29) is 11.8 Å². The summed E-state index contributed by atoms with van der Waals surface area (Å²) in [4.78, 5) is 23.8. The molecule has 0 saturated carbocycles. The molecular formula is C17H22N4O2S2. The first-order chi connectivity index (χ1) is 12.1. The summed E-state index contributed by atoms with van der Waals surface area (Å²) < 4.78 is 0. The molecule has 0 aliphatic heterocycles. The number of thioether (sulfide) groups is 1. The number of aryl methyl sites for hydroxylation is 1. The van der Waals surface area contributed by atoms with Crippen LogP contribution in [0.25, 0.3) is 0 Å². The van der Waals surface area contributed by atoms with E-state index >= 15 is 0 Å². The predicted octanol–water partition coefficient (Wildman–Crippen LogP) is 3.25. The lowest BCUT2D eigenvalue weighted by atomic mass is 10.2. The number of nitrogens with zero attached hydrogens (tertiary/aromatic N) is 2. The zero-order valence-electron chi connectivity index (χ0n) is 14.4. The lowest BCUT2D eigenvalue weighted by Gasteiger charge is -2.03. The molecular weight excluding hydrogens is 356 g/mol. The van der Waals surface area contributed by atoms with Gasteiger partial charge in [0.2, 0.25) is 10.9 Å². The second-order valence-electron chi connectivity index (χ2n) is 5.52. The Morgan fingerprint density at radius 3 is 2.68 bits per heavy atom. The molecule has 2 amide bonds. The lowest BCUT2D eigenvalue weighted by Crippen LogP contribution is -2.26. The first kappa shape index (κ1) is 19.4. The van der Waals surface area contributed by atoms with Crippen molar-refractivity contribution in [1.82, 2.24) is 15.5 Å². The van der Waals surface area contributed by atoms with Crippen molar-refractivity contribution < 1.29 is 9.59 Å². The molecule has 0 saturated heterocycles. The van der Waals surface area contributed by atoms with Crippen LogP contribution in [0.5, 0.6) is 0 Å². The molecule has 0 atom stereocenters. The van der Waals surface area contributed by atoms with Gasteiger partial charge in [0, 0.05) is 18.0 Å². The maximum absolute atomic E-state index is 12.2. The van der Waals surface area contributed by atoms with Crippen molar-refractivity contribution in [3.8, 4) is 0 Å². The molecule has 2 rings (SSSR count). The molecule has 6 nitrogen and oxygen atoms in total. The predicted molar refractivity (Wildman–Crippen MR) is 103 cm³/mol. The topological polar surface area (TPSA) is 84.0 Å². The van der Waals surface area contributed by atoms with Gasteiger partial charge in [-0.3, -0.25) is 9.59 Å². The molecule has 8 heteroatoms. The highest BCUT2D eigenvalue weighted by molar-refractivity contribution is 7.99. The van der Waals surface area contributed by atoms with Gasteiger partial charge in [-0.1, -0.05) is 42.4 Å². The minimum atomic E-state index is -0.269. The summed E-state index contributed by atoms with van der Waals surface area (Å²) in [6, 6.07) is 7.57. The SMILES string of the molecule is CCCCNC(=O)CSCc1nnc(C(=O)Nc2ccc(C)cc2)s1. The van der Waals surface area contributed by atoms with Gasteiger partial charge in [0.1, 0.15) is 5.01 Å². The Morgan fingerprint density at radius 2 is 1.96 bits per heavy atom. The van der Waals surface area contributed by atoms with Crippen LogP contribution < -0.4 is 10.6 Å². The van der Waals surface area contributed by atoms with Gasteiger partial charge in [0.15, 0.2) is 0 Å². The van der Waals surface area contributed by atoms with E-state index in [1.165, 1.54) is 23.1 Å². The van der Waals surface area contributed by atoms with Crippen LogP contribution in [-0.4, -0.2) is 34.3 Å². The van der Waals surface area contributed by atoms with Crippen LogP contribution in [0, 0.1) is 6.92 Å². The van der Waals surface area contributed by atoms with Crippen molar-refractivity contribution in [3.63, 3.8) is 0 Å². The lowest BCUT2D eigenvalue weighted by molar-refractivity contribution is -0.118. The second-order valence-corrected chi connectivity index (χ2v) is 7.57. The third-order valence-electron chi connectivity index (χ3n) is 3.28. The van der Waals surface area contributed by atoms with Crippen LogP contribution >= 0.6 is 23.1 Å². The number of hydrogen-bond donors (Lipinski definition) is 2. The van der Waals surface area contributed by atoms with E-state index in [0.717, 1.165) is 35.6 Å². The summed E-state index contributed by atoms with van der Waals surface area (Å²) in [6.07, 6.45) is 2.05. The highest BCUT2D eigenvalue weighted by atomic mass is 32.2. The second kappa shape index (κ2) is 10.1. The number of carbonyl (C=O) groups excluding carboxylic acids is 2. The van der Waals surface area contributed by atoms with Gasteiger partial charge in [-0.15, -0.1) is 22.0 Å². The average molecular weight is 379 g/mol. The zero-order chi connectivity index (χ0) is 18.1. The Morgan fingerprint density at radius 1 is 1.20 bits per heavy atom. The van der Waals surface area contributed by atoms with Gasteiger partial charge in [-0.2, -0.15) is 0 Å². The summed E-state index contributed by atoms with van der Waals surface area (Å²) in [5.41, 5.74) is 1.86. The first-order valence-corrected chi connectivity index (χ1v) is 10.1. The molecule has 0 spiro atoms. The third kappa shape index (κ3) is 6.83. The van der Waals surface area contributed by atoms with Crippen molar-refractivity contribution in [2.24, 2.45) is 0 Å². The number of unbranched alkanes of at least 4 members (excludes halogenated alkanes) is 1. The Hall–Kier alpha value is -1.93. The van der Waals surface area contributed by atoms with Gasteiger partial charge in [0.25, 0.3) is 5.91 Å². The number of anilines is 1. The van der Waals surface area contributed by atoms with Gasteiger partial charge in [0.05, 0.1) is 5.75 Å². The highest BCUT2D eigenvalue weighted by Gasteiger charge is 2.13. The summed E-state index contributed by atoms with van der Waals surface area (Å²) in [6.45, 7) is 4.80. The van der Waals surface area contributed by atoms with Crippen LogP contribution in [0.2, 0.25) is 0 Å². The molecule has 1 aromatic heterocycles. The van der Waals surface area contributed by atoms with E-state index in [4.69, 9.17) is 0 Å². The molecule has 0 bridgehead atoms. The molecule has 0 aliphatic rings. The van der Waals surface area contributed by atoms with E-state index in [1.54, 1.807) is 0 Å². The van der Waals surface area contributed by atoms with Crippen LogP contribution in [0.1, 0.15) is 40.1 Å². The fourth-order valence-electron chi connectivity index (χ4n) is 1.91. The molecule has 1 heterocycles. The van der Waals surface area contributed by atoms with E-state index < -0.39 is 0 Å². The number of carbonyl (C=O) groups is 2. The fourth-order valence-corrected chi connectivity index (χ4v) is 3.55. The standard InChI is InChI=1S/C17H22N4O2S2/c1-3-4-9-18-14(22)10-24-11-15-20-21-17(25-15)16(23)19-13-7-5-12(2)6-8-13/h5-8H,3-4,9-11H2,1-2H3,(H,18,22)(H,19,23). The van der Waals surface area contributed by atoms with Gasteiger partial charge < -0.3 is 10.6 Å². The molecule has 0 unspecified atom stereocenters. The molecule has 25 heavy (non-hydrogen) atoms. The molecule has 2 aromatic rings. The number of rotatable bonds is 9. The average Bonchev–Trinajstić information content (AvgIpc) is 3.06. The molecule has 134 valence electrons. The first-order valence-electron chi connectivity index (χ1n) is 8.13. The summed E-state index contributed by atoms with van der Waals surface area (Å²) >= 11 is 2.72. The largest absolute Gasteiger partial charge is 0.355 e. The number of benzene rings is 1. The number of hydrogen-bond acceptors (Lipinski definition) is 6. The molecule has 1 aromatic carbocycles. The van der Waals surface area contributed by atoms with Gasteiger partial charge in [-0.25, -0.2) is 0 Å². The Balaban J connectivity index is 1.76. The van der Waals surface area contributed by atoms with Crippen LogP contribution in [0.3, 0.4) is 0 Å². The molecule has 0 fully saturated rings. The highest BCUT2D eigenvalue weighted by Crippen LogP contribution is 2.18. The summed E-state index contributed by atoms with van der Waals surface area (Å²) in [5, 5.41) is 14.7. The van der Waals surface area contributed by atoms with E-state index in [1.807, 2.05) is 31.2 Å². The number of aromatic nitrogens is 2. The van der Waals surface area contributed by atoms with Gasteiger partial charge in [-0.05, 0) is 25.5 Å². The summed E-state index contributed by atoms with van der Waals surface area (Å²) in [7, 11) is 0.